The van der Waals surface area contributed by atoms with Gasteiger partial charge in [0.15, 0.2) is 25.2 Å². The van der Waals surface area contributed by atoms with Crippen LogP contribution in [0.15, 0.2) is 0 Å². The summed E-state index contributed by atoms with van der Waals surface area (Å²) >= 11 is 0. The van der Waals surface area contributed by atoms with Crippen molar-refractivity contribution < 1.29 is 104 Å². The van der Waals surface area contributed by atoms with Crippen molar-refractivity contribution >= 4 is 5.91 Å². The van der Waals surface area contributed by atoms with Crippen LogP contribution in [0.5, 0.6) is 0 Å². The Bertz CT molecular complexity index is 1030. The second kappa shape index (κ2) is 16.8. The lowest BCUT2D eigenvalue weighted by Crippen LogP contribution is -2.68. The van der Waals surface area contributed by atoms with Crippen LogP contribution in [0.25, 0.3) is 0 Å². The van der Waals surface area contributed by atoms with E-state index in [1.54, 1.807) is 0 Å². The van der Waals surface area contributed by atoms with Crippen LogP contribution in [0.4, 0.5) is 0 Å². The zero-order chi connectivity index (χ0) is 35.6. The van der Waals surface area contributed by atoms with E-state index in [0.29, 0.717) is 0 Å². The summed E-state index contributed by atoms with van der Waals surface area (Å²) in [5.74, 6) is -0.682. The Hall–Kier alpha value is -1.33. The van der Waals surface area contributed by atoms with Crippen molar-refractivity contribution in [3.8, 4) is 0 Å². The summed E-state index contributed by atoms with van der Waals surface area (Å²) in [4.78, 5) is 11.7. The number of carbonyl (C=O) groups is 1. The third kappa shape index (κ3) is 8.24. The number of ether oxygens (including phenoxy) is 7. The average Bonchev–Trinajstić information content (AvgIpc) is 3.05. The molecule has 280 valence electrons. The first kappa shape index (κ1) is 39.5. The van der Waals surface area contributed by atoms with Crippen LogP contribution in [-0.4, -0.2) is 221 Å². The lowest BCUT2D eigenvalue weighted by atomic mass is 9.95. The van der Waals surface area contributed by atoms with E-state index in [9.17, 15) is 71.2 Å². The fourth-order valence-corrected chi connectivity index (χ4v) is 5.84. The summed E-state index contributed by atoms with van der Waals surface area (Å²) in [5.41, 5.74) is 0. The molecule has 4 heterocycles. The Balaban J connectivity index is 1.59. The van der Waals surface area contributed by atoms with Gasteiger partial charge in [-0.25, -0.2) is 0 Å². The van der Waals surface area contributed by atoms with Crippen molar-refractivity contribution in [2.45, 2.75) is 130 Å². The fraction of sp³-hybridized carbons (Fsp3) is 0.962. The molecule has 4 fully saturated rings. The maximum atomic E-state index is 11.7. The third-order valence-corrected chi connectivity index (χ3v) is 8.59. The number of nitrogens with one attached hydrogen (secondary N) is 1. The van der Waals surface area contributed by atoms with E-state index in [0.717, 1.165) is 6.92 Å². The van der Waals surface area contributed by atoms with Crippen LogP contribution >= 0.6 is 0 Å². The van der Waals surface area contributed by atoms with Gasteiger partial charge in [0.25, 0.3) is 0 Å². The van der Waals surface area contributed by atoms with Crippen molar-refractivity contribution in [1.82, 2.24) is 5.32 Å². The van der Waals surface area contributed by atoms with Gasteiger partial charge in [-0.1, -0.05) is 0 Å². The predicted molar refractivity (Wildman–Crippen MR) is 145 cm³/mol. The summed E-state index contributed by atoms with van der Waals surface area (Å²) in [6.07, 6.45) is -33.7. The zero-order valence-corrected chi connectivity index (χ0v) is 25.5. The van der Waals surface area contributed by atoms with Crippen LogP contribution in [0.3, 0.4) is 0 Å². The van der Waals surface area contributed by atoms with E-state index in [1.807, 2.05) is 0 Å². The molecular formula is C26H45NO21. The zero-order valence-electron chi connectivity index (χ0n) is 25.5. The van der Waals surface area contributed by atoms with Gasteiger partial charge >= 0.3 is 0 Å². The van der Waals surface area contributed by atoms with E-state index in [2.05, 4.69) is 5.32 Å². The minimum atomic E-state index is -2.06. The number of rotatable bonds is 11. The van der Waals surface area contributed by atoms with Gasteiger partial charge in [-0.3, -0.25) is 4.79 Å². The number of carbonyl (C=O) groups excluding carboxylic acids is 1. The Morgan fingerprint density at radius 1 is 0.542 bits per heavy atom. The smallest absolute Gasteiger partial charge is 0.217 e. The van der Waals surface area contributed by atoms with Crippen LogP contribution < -0.4 is 5.32 Å². The molecule has 4 aliphatic rings. The molecule has 0 bridgehead atoms. The number of aliphatic hydroxyl groups is 13. The maximum Gasteiger partial charge on any atom is 0.217 e. The van der Waals surface area contributed by atoms with E-state index in [-0.39, 0.29) is 0 Å². The molecule has 0 saturated carbocycles. The van der Waals surface area contributed by atoms with Crippen molar-refractivity contribution in [2.24, 2.45) is 0 Å². The van der Waals surface area contributed by atoms with Gasteiger partial charge in [-0.15, -0.1) is 0 Å². The molecule has 4 saturated heterocycles. The van der Waals surface area contributed by atoms with Gasteiger partial charge in [0, 0.05) is 6.92 Å². The lowest BCUT2D eigenvalue weighted by molar-refractivity contribution is -0.379. The molecule has 0 unspecified atom stereocenters. The second-order valence-electron chi connectivity index (χ2n) is 11.9. The second-order valence-corrected chi connectivity index (χ2v) is 11.9. The standard InChI is InChI=1S/C26H45NO21/c1-6(31)27-11-15(35)21(9(4-30)43-23(11)41)47-26-20(40)22(48-25-19(39)17(37)13(33)8(3-29)45-25)14(34)10(46-26)5-42-24-18(38)16(36)12(32)7(2-28)44-24/h7-26,28-30,32-41H,2-5H2,1H3,(H,27,31)/t7-,8-,9-,10-,11-,12-,13-,14-,15-,16+,17+,18+,19+,20+,21-,22+,23-,24+,25-,26+/m1/s1. The molecule has 4 aliphatic heterocycles. The summed E-state index contributed by atoms with van der Waals surface area (Å²) < 4.78 is 38.4. The molecule has 20 atom stereocenters. The topological polar surface area (TPSA) is 357 Å². The van der Waals surface area contributed by atoms with E-state index < -0.39 is 155 Å². The van der Waals surface area contributed by atoms with Crippen molar-refractivity contribution in [2.75, 3.05) is 26.4 Å². The van der Waals surface area contributed by atoms with Crippen LogP contribution in [-0.2, 0) is 38.0 Å². The van der Waals surface area contributed by atoms with Crippen molar-refractivity contribution in [1.29, 1.82) is 0 Å². The molecule has 1 amide bonds. The third-order valence-electron chi connectivity index (χ3n) is 8.59. The lowest BCUT2D eigenvalue weighted by Gasteiger charge is -2.48. The molecular weight excluding hydrogens is 662 g/mol. The highest BCUT2D eigenvalue weighted by molar-refractivity contribution is 5.73. The first-order chi connectivity index (χ1) is 22.6. The molecule has 4 rings (SSSR count). The summed E-state index contributed by atoms with van der Waals surface area (Å²) in [6, 6.07) is -1.49. The molecule has 0 spiro atoms. The summed E-state index contributed by atoms with van der Waals surface area (Å²) in [7, 11) is 0. The number of aliphatic hydroxyl groups excluding tert-OH is 13. The fourth-order valence-electron chi connectivity index (χ4n) is 5.84. The van der Waals surface area contributed by atoms with Crippen molar-refractivity contribution in [3.63, 3.8) is 0 Å². The van der Waals surface area contributed by atoms with Gasteiger partial charge in [-0.2, -0.15) is 0 Å². The van der Waals surface area contributed by atoms with Gasteiger partial charge in [0.2, 0.25) is 5.91 Å². The van der Waals surface area contributed by atoms with Gasteiger partial charge in [0.1, 0.15) is 97.6 Å². The van der Waals surface area contributed by atoms with Crippen LogP contribution in [0.1, 0.15) is 6.92 Å². The predicted octanol–water partition coefficient (Wildman–Crippen LogP) is -9.61. The molecule has 0 aliphatic carbocycles. The monoisotopic (exact) mass is 707 g/mol. The number of hydrogen-bond donors (Lipinski definition) is 14. The van der Waals surface area contributed by atoms with Crippen molar-refractivity contribution in [3.05, 3.63) is 0 Å². The van der Waals surface area contributed by atoms with E-state index in [1.165, 1.54) is 0 Å². The molecule has 22 nitrogen and oxygen atoms in total. The Morgan fingerprint density at radius 3 is 1.56 bits per heavy atom. The minimum absolute atomic E-state index is 0.682. The highest BCUT2D eigenvalue weighted by Crippen LogP contribution is 2.33. The Morgan fingerprint density at radius 2 is 1.02 bits per heavy atom. The highest BCUT2D eigenvalue weighted by Gasteiger charge is 2.54. The normalized spacial score (nSPS) is 50.2. The number of hydrogen-bond acceptors (Lipinski definition) is 21. The molecule has 22 heteroatoms. The molecule has 48 heavy (non-hydrogen) atoms. The molecule has 0 aromatic rings. The molecule has 14 N–H and O–H groups in total. The van der Waals surface area contributed by atoms with Crippen LogP contribution in [0.2, 0.25) is 0 Å². The largest absolute Gasteiger partial charge is 0.394 e. The number of amides is 1. The molecule has 0 aromatic carbocycles. The van der Waals surface area contributed by atoms with E-state index in [4.69, 9.17) is 33.2 Å². The Kier molecular flexibility index (Phi) is 13.8. The van der Waals surface area contributed by atoms with Crippen LogP contribution in [0, 0.1) is 0 Å². The molecule has 0 aromatic heterocycles. The van der Waals surface area contributed by atoms with Gasteiger partial charge in [0.05, 0.1) is 26.4 Å². The maximum absolute atomic E-state index is 11.7. The van der Waals surface area contributed by atoms with Gasteiger partial charge < -0.3 is 105 Å². The minimum Gasteiger partial charge on any atom is -0.394 e. The summed E-state index contributed by atoms with van der Waals surface area (Å²) in [5, 5.41) is 136. The summed E-state index contributed by atoms with van der Waals surface area (Å²) in [6.45, 7) is -2.15. The SMILES string of the molecule is CC(=O)N[C@@H]1[C@@H](O)[C@H](O[C@@H]2O[C@H](CO[C@H]3O[C@H](CO)[C@@H](O)[C@H](O)[C@@H]3O)[C@@H](O)[C@H](O[C@H]3O[C@H](CO)[C@@H](O)[C@H](O)[C@@H]3O)[C@@H]2O)[C@@H](CO)O[C@H]1O. The first-order valence-electron chi connectivity index (χ1n) is 15.1. The van der Waals surface area contributed by atoms with E-state index >= 15 is 0 Å². The average molecular weight is 708 g/mol. The van der Waals surface area contributed by atoms with Gasteiger partial charge in [-0.05, 0) is 0 Å². The highest BCUT2D eigenvalue weighted by atomic mass is 16.8. The quantitative estimate of drug-likeness (QED) is 0.0947. The Labute approximate surface area is 272 Å². The first-order valence-corrected chi connectivity index (χ1v) is 15.1. The molecule has 0 radical (unpaired) electrons.